The van der Waals surface area contributed by atoms with Crippen LogP contribution in [0, 0.1) is 6.92 Å². The van der Waals surface area contributed by atoms with Gasteiger partial charge in [-0.1, -0.05) is 40.8 Å². The van der Waals surface area contributed by atoms with Gasteiger partial charge >= 0.3 is 0 Å². The molecule has 2 aromatic rings. The number of aromatic nitrogens is 4. The first-order valence-corrected chi connectivity index (χ1v) is 13.4. The summed E-state index contributed by atoms with van der Waals surface area (Å²) in [6.45, 7) is 3.51. The molecule has 1 atom stereocenters. The second-order valence-corrected chi connectivity index (χ2v) is 10.3. The minimum absolute atomic E-state index is 0.0208. The largest absolute Gasteiger partial charge is 0.403 e. The number of likely N-dealkylation sites (N-methyl/N-ethyl adjacent to an activating group) is 1. The Morgan fingerprint density at radius 1 is 1.39 bits per heavy atom. The number of nitrogens with two attached hydrogens (primary N) is 1. The Bertz CT molecular complexity index is 1210. The number of H-pyrrole nitrogens is 1. The van der Waals surface area contributed by atoms with Crippen molar-refractivity contribution < 1.29 is 8.42 Å². The molecule has 1 aliphatic carbocycles. The van der Waals surface area contributed by atoms with Crippen LogP contribution in [0.1, 0.15) is 23.9 Å². The first-order valence-electron chi connectivity index (χ1n) is 10.4. The summed E-state index contributed by atoms with van der Waals surface area (Å²) in [5, 5.41) is 11.5. The van der Waals surface area contributed by atoms with Crippen molar-refractivity contribution in [1.82, 2.24) is 29.8 Å². The number of nitrogens with one attached hydrogen (secondary N) is 3. The highest BCUT2D eigenvalue weighted by Gasteiger charge is 2.21. The highest BCUT2D eigenvalue weighted by molar-refractivity contribution is 14.1. The monoisotopic (exact) mass is 584 g/mol. The van der Waals surface area contributed by atoms with E-state index < -0.39 is 10.0 Å². The summed E-state index contributed by atoms with van der Waals surface area (Å²) in [5.74, 6) is 1.29. The summed E-state index contributed by atoms with van der Waals surface area (Å²) in [5.41, 5.74) is 7.50. The number of rotatable bonds is 10. The van der Waals surface area contributed by atoms with E-state index in [4.69, 9.17) is 10.7 Å². The average Bonchev–Trinajstić information content (AvgIpc) is 3.15. The first kappa shape index (κ1) is 25.2. The van der Waals surface area contributed by atoms with Gasteiger partial charge in [0.15, 0.2) is 5.65 Å². The zero-order valence-corrected chi connectivity index (χ0v) is 21.8. The molecule has 0 bridgehead atoms. The van der Waals surface area contributed by atoms with Crippen LogP contribution >= 0.6 is 22.6 Å². The third kappa shape index (κ3) is 6.32. The van der Waals surface area contributed by atoms with Crippen LogP contribution in [-0.4, -0.2) is 65.1 Å². The van der Waals surface area contributed by atoms with Gasteiger partial charge < -0.3 is 16.0 Å². The van der Waals surface area contributed by atoms with Gasteiger partial charge in [0.1, 0.15) is 16.5 Å². The molecule has 0 saturated carbocycles. The summed E-state index contributed by atoms with van der Waals surface area (Å²) >= 11 is 2.13. The fourth-order valence-corrected chi connectivity index (χ4v) is 4.57. The molecule has 33 heavy (non-hydrogen) atoms. The van der Waals surface area contributed by atoms with Crippen molar-refractivity contribution in [2.75, 3.05) is 36.9 Å². The molecule has 0 saturated heterocycles. The van der Waals surface area contributed by atoms with Crippen LogP contribution < -0.4 is 15.8 Å². The van der Waals surface area contributed by atoms with E-state index in [1.807, 2.05) is 33.2 Å². The van der Waals surface area contributed by atoms with Crippen LogP contribution in [-0.2, 0) is 10.0 Å². The molecule has 1 aliphatic rings. The van der Waals surface area contributed by atoms with Gasteiger partial charge in [-0.25, -0.2) is 18.4 Å². The van der Waals surface area contributed by atoms with Crippen LogP contribution in [0.25, 0.3) is 11.0 Å². The summed E-state index contributed by atoms with van der Waals surface area (Å²) in [7, 11) is 0.275. The van der Waals surface area contributed by atoms with Crippen LogP contribution in [0.4, 0.5) is 5.82 Å². The molecule has 12 heteroatoms. The lowest BCUT2D eigenvalue weighted by molar-refractivity contribution is 0.425. The maximum Gasteiger partial charge on any atom is 0.263 e. The van der Waals surface area contributed by atoms with E-state index in [0.717, 1.165) is 36.2 Å². The number of sulfonamides is 1. The average molecular weight is 584 g/mol. The van der Waals surface area contributed by atoms with Gasteiger partial charge in [0.25, 0.3) is 10.0 Å². The first-order chi connectivity index (χ1) is 15.7. The quantitative estimate of drug-likeness (QED) is 0.189. The van der Waals surface area contributed by atoms with E-state index in [-0.39, 0.29) is 10.8 Å². The zero-order chi connectivity index (χ0) is 24.0. The molecule has 2 aromatic heterocycles. The Morgan fingerprint density at radius 2 is 2.18 bits per heavy atom. The number of halogens is 1. The maximum atomic E-state index is 12.6. The van der Waals surface area contributed by atoms with Crippen LogP contribution in [0.15, 0.2) is 47.2 Å². The smallest absolute Gasteiger partial charge is 0.263 e. The minimum atomic E-state index is -3.76. The molecule has 3 rings (SSSR count). The van der Waals surface area contributed by atoms with Gasteiger partial charge in [-0.2, -0.15) is 5.10 Å². The molecule has 0 spiro atoms. The number of alkyl halides is 1. The number of allylic oxidation sites excluding steroid dienone is 5. The normalized spacial score (nSPS) is 17.2. The Balaban J connectivity index is 1.78. The number of aromatic amines is 1. The molecule has 1 unspecified atom stereocenters. The summed E-state index contributed by atoms with van der Waals surface area (Å²) in [6.07, 6.45) is 10.3. The fourth-order valence-electron chi connectivity index (χ4n) is 3.28. The van der Waals surface area contributed by atoms with Gasteiger partial charge in [0.2, 0.25) is 0 Å². The van der Waals surface area contributed by atoms with Crippen molar-refractivity contribution >= 4 is 49.5 Å². The molecular formula is C21H29IN8O2S. The van der Waals surface area contributed by atoms with Gasteiger partial charge in [-0.3, -0.25) is 9.82 Å². The van der Waals surface area contributed by atoms with E-state index in [9.17, 15) is 8.42 Å². The third-order valence-electron chi connectivity index (χ3n) is 5.00. The second-order valence-electron chi connectivity index (χ2n) is 7.79. The second kappa shape index (κ2) is 11.1. The number of aryl methyl sites for hydroxylation is 1. The summed E-state index contributed by atoms with van der Waals surface area (Å²) < 4.78 is 28.4. The van der Waals surface area contributed by atoms with E-state index >= 15 is 0 Å². The highest BCUT2D eigenvalue weighted by Crippen LogP contribution is 2.29. The standard InChI is InChI=1S/C21H29IN8O2S/c1-14-18-20(24-11-12-30(2)3)25-19(26-21(18)28-27-14)15-6-8-16(9-7-15)29-33(31,32)17(13-23)5-4-10-22/h4-6,8-9,13,15,29H,7,10-12,23H2,1-3H3,(H2,24,25,26,27,28)/b5-4-,17-13+. The zero-order valence-electron chi connectivity index (χ0n) is 18.8. The van der Waals surface area contributed by atoms with Crippen LogP contribution in [0.2, 0.25) is 0 Å². The van der Waals surface area contributed by atoms with Crippen LogP contribution in [0.3, 0.4) is 0 Å². The number of hydrogen-bond acceptors (Lipinski definition) is 8. The summed E-state index contributed by atoms with van der Waals surface area (Å²) in [6, 6.07) is 0. The van der Waals surface area contributed by atoms with Crippen molar-refractivity contribution in [3.8, 4) is 0 Å². The highest BCUT2D eigenvalue weighted by atomic mass is 127. The predicted molar refractivity (Wildman–Crippen MR) is 140 cm³/mol. The van der Waals surface area contributed by atoms with Gasteiger partial charge in [-0.05, 0) is 39.6 Å². The number of nitrogens with zero attached hydrogens (tertiary/aromatic N) is 4. The Labute approximate surface area is 207 Å². The number of anilines is 1. The molecule has 0 aromatic carbocycles. The lowest BCUT2D eigenvalue weighted by Crippen LogP contribution is -2.25. The number of fused-ring (bicyclic) bond motifs is 1. The molecule has 2 heterocycles. The molecule has 0 radical (unpaired) electrons. The van der Waals surface area contributed by atoms with Crippen LogP contribution in [0.5, 0.6) is 0 Å². The lowest BCUT2D eigenvalue weighted by atomic mass is 9.98. The molecule has 178 valence electrons. The van der Waals surface area contributed by atoms with Crippen molar-refractivity contribution in [1.29, 1.82) is 0 Å². The van der Waals surface area contributed by atoms with E-state index in [1.54, 1.807) is 12.2 Å². The fraction of sp³-hybridized carbons (Fsp3) is 0.381. The van der Waals surface area contributed by atoms with Crippen molar-refractivity contribution in [2.24, 2.45) is 5.73 Å². The topological polar surface area (TPSA) is 142 Å². The molecule has 5 N–H and O–H groups in total. The third-order valence-corrected chi connectivity index (χ3v) is 6.90. The number of hydrogen-bond donors (Lipinski definition) is 4. The van der Waals surface area contributed by atoms with E-state index in [0.29, 0.717) is 28.0 Å². The molecular weight excluding hydrogens is 555 g/mol. The molecule has 0 fully saturated rings. The molecule has 10 nitrogen and oxygen atoms in total. The Morgan fingerprint density at radius 3 is 2.82 bits per heavy atom. The van der Waals surface area contributed by atoms with Crippen molar-refractivity contribution in [2.45, 2.75) is 19.3 Å². The Hall–Kier alpha value is -2.45. The maximum absolute atomic E-state index is 12.6. The molecule has 0 amide bonds. The van der Waals surface area contributed by atoms with E-state index in [1.165, 1.54) is 6.08 Å². The van der Waals surface area contributed by atoms with E-state index in [2.05, 4.69) is 52.7 Å². The van der Waals surface area contributed by atoms with Gasteiger partial charge in [0.05, 0.1) is 11.1 Å². The minimum Gasteiger partial charge on any atom is -0.403 e. The van der Waals surface area contributed by atoms with Crippen molar-refractivity contribution in [3.63, 3.8) is 0 Å². The van der Waals surface area contributed by atoms with Gasteiger partial charge in [-0.15, -0.1) is 0 Å². The molecule has 0 aliphatic heterocycles. The SMILES string of the molecule is Cc1n[nH]c2nc(C3C=CC(NS(=O)(=O)C(/C=C\CI)=C/N)=CC3)nc(NCCN(C)C)c12. The predicted octanol–water partition coefficient (Wildman–Crippen LogP) is 2.27. The lowest BCUT2D eigenvalue weighted by Gasteiger charge is -2.18. The Kier molecular flexibility index (Phi) is 8.48. The van der Waals surface area contributed by atoms with Gasteiger partial charge in [0, 0.05) is 35.3 Å². The summed E-state index contributed by atoms with van der Waals surface area (Å²) in [4.78, 5) is 11.6. The van der Waals surface area contributed by atoms with Crippen molar-refractivity contribution in [3.05, 3.63) is 58.7 Å².